The summed E-state index contributed by atoms with van der Waals surface area (Å²) in [6.45, 7) is 5.41. The predicted octanol–water partition coefficient (Wildman–Crippen LogP) is 2.57. The maximum atomic E-state index is 12.1. The first-order valence-electron chi connectivity index (χ1n) is 9.57. The van der Waals surface area contributed by atoms with E-state index in [1.807, 2.05) is 0 Å². The zero-order chi connectivity index (χ0) is 16.9. The van der Waals surface area contributed by atoms with E-state index >= 15 is 0 Å². The second kappa shape index (κ2) is 8.02. The number of nitrogens with one attached hydrogen (secondary N) is 2. The number of urea groups is 1. The van der Waals surface area contributed by atoms with Crippen molar-refractivity contribution in [2.75, 3.05) is 32.9 Å². The molecule has 1 unspecified atom stereocenters. The highest BCUT2D eigenvalue weighted by atomic mass is 16.7. The SMILES string of the molecule is CCC1(CNC(=O)NCC2COC3(CCOCC3)O2)CCCCC1. The Hall–Kier alpha value is -0.850. The molecule has 1 atom stereocenters. The van der Waals surface area contributed by atoms with Gasteiger partial charge in [0.25, 0.3) is 0 Å². The monoisotopic (exact) mass is 340 g/mol. The molecule has 3 aliphatic rings. The fourth-order valence-corrected chi connectivity index (χ4v) is 4.16. The van der Waals surface area contributed by atoms with Crippen molar-refractivity contribution in [1.29, 1.82) is 0 Å². The van der Waals surface area contributed by atoms with Crippen LogP contribution in [0, 0.1) is 5.41 Å². The number of amides is 2. The molecule has 0 aromatic heterocycles. The molecule has 138 valence electrons. The average molecular weight is 340 g/mol. The zero-order valence-electron chi connectivity index (χ0n) is 14.9. The second-order valence-corrected chi connectivity index (χ2v) is 7.55. The number of carbonyl (C=O) groups is 1. The van der Waals surface area contributed by atoms with E-state index in [2.05, 4.69) is 17.6 Å². The number of hydrogen-bond donors (Lipinski definition) is 2. The lowest BCUT2D eigenvalue weighted by atomic mass is 9.72. The first-order chi connectivity index (χ1) is 11.7. The smallest absolute Gasteiger partial charge is 0.314 e. The summed E-state index contributed by atoms with van der Waals surface area (Å²) in [7, 11) is 0. The Kier molecular flexibility index (Phi) is 6.00. The summed E-state index contributed by atoms with van der Waals surface area (Å²) in [5.41, 5.74) is 0.300. The van der Waals surface area contributed by atoms with Crippen LogP contribution in [0.5, 0.6) is 0 Å². The van der Waals surface area contributed by atoms with Crippen molar-refractivity contribution >= 4 is 6.03 Å². The third-order valence-electron chi connectivity index (χ3n) is 5.95. The minimum Gasteiger partial charge on any atom is -0.381 e. The van der Waals surface area contributed by atoms with Crippen LogP contribution in [0.25, 0.3) is 0 Å². The van der Waals surface area contributed by atoms with Crippen LogP contribution in [-0.2, 0) is 14.2 Å². The third-order valence-corrected chi connectivity index (χ3v) is 5.95. The van der Waals surface area contributed by atoms with Crippen LogP contribution in [0.1, 0.15) is 58.3 Å². The number of ether oxygens (including phenoxy) is 3. The van der Waals surface area contributed by atoms with Gasteiger partial charge >= 0.3 is 6.03 Å². The topological polar surface area (TPSA) is 68.8 Å². The third kappa shape index (κ3) is 4.41. The van der Waals surface area contributed by atoms with Crippen molar-refractivity contribution in [3.8, 4) is 0 Å². The predicted molar refractivity (Wildman–Crippen MR) is 90.8 cm³/mol. The molecule has 6 nitrogen and oxygen atoms in total. The summed E-state index contributed by atoms with van der Waals surface area (Å²) in [5.74, 6) is -0.477. The van der Waals surface area contributed by atoms with Gasteiger partial charge in [-0.2, -0.15) is 0 Å². The summed E-state index contributed by atoms with van der Waals surface area (Å²) in [6.07, 6.45) is 8.98. The van der Waals surface area contributed by atoms with Crippen molar-refractivity contribution in [2.45, 2.75) is 70.2 Å². The van der Waals surface area contributed by atoms with Gasteiger partial charge in [-0.15, -0.1) is 0 Å². The minimum atomic E-state index is -0.477. The average Bonchev–Trinajstić information content (AvgIpc) is 3.02. The van der Waals surface area contributed by atoms with Gasteiger partial charge in [0, 0.05) is 25.9 Å². The number of rotatable bonds is 5. The van der Waals surface area contributed by atoms with Gasteiger partial charge in [0.1, 0.15) is 6.10 Å². The molecule has 2 aliphatic heterocycles. The van der Waals surface area contributed by atoms with Crippen LogP contribution in [-0.4, -0.2) is 50.8 Å². The van der Waals surface area contributed by atoms with Gasteiger partial charge in [-0.3, -0.25) is 0 Å². The molecule has 0 aromatic carbocycles. The van der Waals surface area contributed by atoms with Gasteiger partial charge in [0.05, 0.1) is 19.8 Å². The zero-order valence-corrected chi connectivity index (χ0v) is 14.9. The van der Waals surface area contributed by atoms with Crippen molar-refractivity contribution in [3.05, 3.63) is 0 Å². The van der Waals surface area contributed by atoms with E-state index in [0.717, 1.165) is 25.8 Å². The second-order valence-electron chi connectivity index (χ2n) is 7.55. The van der Waals surface area contributed by atoms with Gasteiger partial charge in [0.15, 0.2) is 5.79 Å². The summed E-state index contributed by atoms with van der Waals surface area (Å²) >= 11 is 0. The fourth-order valence-electron chi connectivity index (χ4n) is 4.16. The molecule has 3 fully saturated rings. The molecule has 1 aliphatic carbocycles. The number of carbonyl (C=O) groups excluding carboxylic acids is 1. The van der Waals surface area contributed by atoms with Gasteiger partial charge in [0.2, 0.25) is 0 Å². The molecule has 2 saturated heterocycles. The Morgan fingerprint density at radius 3 is 2.54 bits per heavy atom. The van der Waals surface area contributed by atoms with E-state index in [0.29, 0.717) is 31.8 Å². The maximum absolute atomic E-state index is 12.1. The maximum Gasteiger partial charge on any atom is 0.314 e. The summed E-state index contributed by atoms with van der Waals surface area (Å²) in [5, 5.41) is 6.01. The molecule has 0 radical (unpaired) electrons. The van der Waals surface area contributed by atoms with Crippen molar-refractivity contribution < 1.29 is 19.0 Å². The Morgan fingerprint density at radius 2 is 1.83 bits per heavy atom. The van der Waals surface area contributed by atoms with Gasteiger partial charge in [-0.1, -0.05) is 26.2 Å². The molecule has 2 N–H and O–H groups in total. The van der Waals surface area contributed by atoms with E-state index in [9.17, 15) is 4.79 Å². The lowest BCUT2D eigenvalue weighted by Gasteiger charge is -2.36. The molecule has 3 rings (SSSR count). The van der Waals surface area contributed by atoms with E-state index in [1.165, 1.54) is 32.1 Å². The lowest BCUT2D eigenvalue weighted by Crippen LogP contribution is -2.46. The van der Waals surface area contributed by atoms with E-state index in [-0.39, 0.29) is 12.1 Å². The first-order valence-corrected chi connectivity index (χ1v) is 9.57. The van der Waals surface area contributed by atoms with Crippen LogP contribution in [0.2, 0.25) is 0 Å². The summed E-state index contributed by atoms with van der Waals surface area (Å²) in [6, 6.07) is -0.0927. The van der Waals surface area contributed by atoms with Gasteiger partial charge < -0.3 is 24.8 Å². The van der Waals surface area contributed by atoms with E-state index in [1.54, 1.807) is 0 Å². The van der Waals surface area contributed by atoms with Gasteiger partial charge in [-0.25, -0.2) is 4.79 Å². The lowest BCUT2D eigenvalue weighted by molar-refractivity contribution is -0.210. The minimum absolute atomic E-state index is 0.0661. The molecule has 0 aromatic rings. The summed E-state index contributed by atoms with van der Waals surface area (Å²) in [4.78, 5) is 12.1. The van der Waals surface area contributed by atoms with Crippen LogP contribution in [0.3, 0.4) is 0 Å². The van der Waals surface area contributed by atoms with E-state index < -0.39 is 5.79 Å². The van der Waals surface area contributed by atoms with Crippen molar-refractivity contribution in [3.63, 3.8) is 0 Å². The summed E-state index contributed by atoms with van der Waals surface area (Å²) < 4.78 is 17.2. The largest absolute Gasteiger partial charge is 0.381 e. The quantitative estimate of drug-likeness (QED) is 0.807. The molecule has 1 spiro atoms. The Balaban J connectivity index is 1.37. The molecular weight excluding hydrogens is 308 g/mol. The Bertz CT molecular complexity index is 417. The van der Waals surface area contributed by atoms with Crippen molar-refractivity contribution in [2.24, 2.45) is 5.41 Å². The number of hydrogen-bond acceptors (Lipinski definition) is 4. The highest BCUT2D eigenvalue weighted by Crippen LogP contribution is 2.38. The van der Waals surface area contributed by atoms with Crippen LogP contribution in [0.15, 0.2) is 0 Å². The molecule has 2 amide bonds. The highest BCUT2D eigenvalue weighted by molar-refractivity contribution is 5.73. The standard InChI is InChI=1S/C18H32N2O4/c1-2-17(6-4-3-5-7-17)14-20-16(21)19-12-15-13-23-18(24-15)8-10-22-11-9-18/h15H,2-14H2,1H3,(H2,19,20,21). The molecule has 6 heteroatoms. The van der Waals surface area contributed by atoms with E-state index in [4.69, 9.17) is 14.2 Å². The van der Waals surface area contributed by atoms with Crippen LogP contribution in [0.4, 0.5) is 4.79 Å². The normalized spacial score (nSPS) is 28.6. The van der Waals surface area contributed by atoms with Gasteiger partial charge in [-0.05, 0) is 24.7 Å². The molecule has 24 heavy (non-hydrogen) atoms. The fraction of sp³-hybridized carbons (Fsp3) is 0.944. The molecule has 1 saturated carbocycles. The first kappa shape index (κ1) is 18.0. The van der Waals surface area contributed by atoms with Crippen molar-refractivity contribution in [1.82, 2.24) is 10.6 Å². The molecule has 0 bridgehead atoms. The Morgan fingerprint density at radius 1 is 1.08 bits per heavy atom. The van der Waals surface area contributed by atoms with Crippen LogP contribution >= 0.6 is 0 Å². The molecular formula is C18H32N2O4. The molecule has 2 heterocycles. The van der Waals surface area contributed by atoms with Crippen LogP contribution < -0.4 is 10.6 Å². The Labute approximate surface area is 145 Å². The highest BCUT2D eigenvalue weighted by Gasteiger charge is 2.42.